The molecule has 1 aromatic carbocycles. The standard InChI is InChI=1S/C15H20N2O4/c1-20-8-7-16-15(19)11-9-14(18)17(10-11)12-5-3-4-6-13(12)21-2/h3-6,11H,7-10H2,1-2H3,(H,16,19). The molecular weight excluding hydrogens is 272 g/mol. The molecule has 0 saturated carbocycles. The first-order valence-electron chi connectivity index (χ1n) is 6.87. The van der Waals surface area contributed by atoms with E-state index in [-0.39, 0.29) is 24.2 Å². The molecule has 0 spiro atoms. The van der Waals surface area contributed by atoms with Gasteiger partial charge in [-0.3, -0.25) is 9.59 Å². The summed E-state index contributed by atoms with van der Waals surface area (Å²) >= 11 is 0. The number of hydrogen-bond donors (Lipinski definition) is 1. The van der Waals surface area contributed by atoms with E-state index in [0.717, 1.165) is 0 Å². The Bertz CT molecular complexity index is 518. The predicted molar refractivity (Wildman–Crippen MR) is 78.3 cm³/mol. The molecule has 2 rings (SSSR count). The second kappa shape index (κ2) is 7.08. The molecule has 1 heterocycles. The van der Waals surface area contributed by atoms with Gasteiger partial charge in [-0.15, -0.1) is 0 Å². The van der Waals surface area contributed by atoms with E-state index < -0.39 is 0 Å². The maximum atomic E-state index is 12.2. The van der Waals surface area contributed by atoms with Crippen LogP contribution in [0.2, 0.25) is 0 Å². The van der Waals surface area contributed by atoms with Crippen LogP contribution in [0.1, 0.15) is 6.42 Å². The highest BCUT2D eigenvalue weighted by atomic mass is 16.5. The minimum atomic E-state index is -0.334. The number of nitrogens with zero attached hydrogens (tertiary/aromatic N) is 1. The number of nitrogens with one attached hydrogen (secondary N) is 1. The van der Waals surface area contributed by atoms with Crippen LogP contribution in [0.25, 0.3) is 0 Å². The highest BCUT2D eigenvalue weighted by Crippen LogP contribution is 2.32. The number of para-hydroxylation sites is 2. The smallest absolute Gasteiger partial charge is 0.227 e. The molecule has 2 amide bonds. The van der Waals surface area contributed by atoms with E-state index in [1.807, 2.05) is 18.2 Å². The first-order valence-corrected chi connectivity index (χ1v) is 6.87. The van der Waals surface area contributed by atoms with Gasteiger partial charge in [-0.1, -0.05) is 12.1 Å². The zero-order chi connectivity index (χ0) is 15.2. The van der Waals surface area contributed by atoms with Gasteiger partial charge >= 0.3 is 0 Å². The summed E-state index contributed by atoms with van der Waals surface area (Å²) in [4.78, 5) is 25.8. The van der Waals surface area contributed by atoms with Crippen molar-refractivity contribution in [2.24, 2.45) is 5.92 Å². The fourth-order valence-electron chi connectivity index (χ4n) is 2.39. The van der Waals surface area contributed by atoms with Crippen molar-refractivity contribution < 1.29 is 19.1 Å². The number of ether oxygens (including phenoxy) is 2. The molecule has 1 fully saturated rings. The zero-order valence-corrected chi connectivity index (χ0v) is 12.3. The predicted octanol–water partition coefficient (Wildman–Crippen LogP) is 0.811. The monoisotopic (exact) mass is 292 g/mol. The molecule has 1 atom stereocenters. The number of hydrogen-bond acceptors (Lipinski definition) is 4. The molecule has 1 saturated heterocycles. The lowest BCUT2D eigenvalue weighted by Gasteiger charge is -2.19. The Kier molecular flexibility index (Phi) is 5.16. The highest BCUT2D eigenvalue weighted by molar-refractivity contribution is 6.01. The number of carbonyl (C=O) groups is 2. The van der Waals surface area contributed by atoms with Crippen molar-refractivity contribution in [2.75, 3.05) is 38.8 Å². The van der Waals surface area contributed by atoms with E-state index >= 15 is 0 Å². The van der Waals surface area contributed by atoms with Gasteiger partial charge in [0.05, 0.1) is 25.3 Å². The molecule has 0 aromatic heterocycles. The molecule has 1 N–H and O–H groups in total. The van der Waals surface area contributed by atoms with E-state index in [2.05, 4.69) is 5.32 Å². The number of benzene rings is 1. The summed E-state index contributed by atoms with van der Waals surface area (Å²) in [5.41, 5.74) is 0.706. The summed E-state index contributed by atoms with van der Waals surface area (Å²) in [6, 6.07) is 7.31. The zero-order valence-electron chi connectivity index (χ0n) is 12.3. The minimum Gasteiger partial charge on any atom is -0.495 e. The van der Waals surface area contributed by atoms with E-state index in [4.69, 9.17) is 9.47 Å². The average molecular weight is 292 g/mol. The molecule has 0 radical (unpaired) electrons. The normalized spacial score (nSPS) is 17.9. The first-order chi connectivity index (χ1) is 10.2. The van der Waals surface area contributed by atoms with Crippen LogP contribution in [-0.2, 0) is 14.3 Å². The Labute approximate surface area is 124 Å². The summed E-state index contributed by atoms with van der Waals surface area (Å²) in [5.74, 6) is 0.120. The Morgan fingerprint density at radius 1 is 1.38 bits per heavy atom. The van der Waals surface area contributed by atoms with Gasteiger partial charge in [0.1, 0.15) is 5.75 Å². The molecule has 1 aromatic rings. The van der Waals surface area contributed by atoms with E-state index in [1.54, 1.807) is 25.2 Å². The summed E-state index contributed by atoms with van der Waals surface area (Å²) < 4.78 is 10.2. The summed E-state index contributed by atoms with van der Waals surface area (Å²) in [6.07, 6.45) is 0.219. The van der Waals surface area contributed by atoms with Crippen LogP contribution in [-0.4, -0.2) is 45.7 Å². The molecule has 6 nitrogen and oxygen atoms in total. The topological polar surface area (TPSA) is 67.9 Å². The SMILES string of the molecule is COCCNC(=O)C1CC(=O)N(c2ccccc2OC)C1. The lowest BCUT2D eigenvalue weighted by atomic mass is 10.1. The van der Waals surface area contributed by atoms with Crippen molar-refractivity contribution in [1.29, 1.82) is 0 Å². The lowest BCUT2D eigenvalue weighted by Crippen LogP contribution is -2.34. The van der Waals surface area contributed by atoms with Crippen LogP contribution in [0, 0.1) is 5.92 Å². The van der Waals surface area contributed by atoms with Crippen molar-refractivity contribution in [2.45, 2.75) is 6.42 Å². The first kappa shape index (κ1) is 15.3. The highest BCUT2D eigenvalue weighted by Gasteiger charge is 2.35. The number of anilines is 1. The van der Waals surface area contributed by atoms with Crippen molar-refractivity contribution in [3.05, 3.63) is 24.3 Å². The van der Waals surface area contributed by atoms with Crippen molar-refractivity contribution in [3.8, 4) is 5.75 Å². The molecule has 0 aliphatic carbocycles. The third-order valence-electron chi connectivity index (χ3n) is 3.48. The number of carbonyl (C=O) groups excluding carboxylic acids is 2. The molecule has 0 bridgehead atoms. The minimum absolute atomic E-state index is 0.0635. The maximum absolute atomic E-state index is 12.2. The summed E-state index contributed by atoms with van der Waals surface area (Å²) in [7, 11) is 3.14. The largest absolute Gasteiger partial charge is 0.495 e. The van der Waals surface area contributed by atoms with Gasteiger partial charge in [-0.05, 0) is 12.1 Å². The van der Waals surface area contributed by atoms with E-state index in [0.29, 0.717) is 31.1 Å². The van der Waals surface area contributed by atoms with E-state index in [9.17, 15) is 9.59 Å². The molecule has 1 aliphatic heterocycles. The van der Waals surface area contributed by atoms with Gasteiger partial charge in [-0.25, -0.2) is 0 Å². The number of methoxy groups -OCH3 is 2. The van der Waals surface area contributed by atoms with Gasteiger partial charge in [-0.2, -0.15) is 0 Å². The lowest BCUT2D eigenvalue weighted by molar-refractivity contribution is -0.126. The van der Waals surface area contributed by atoms with Crippen LogP contribution in [0.15, 0.2) is 24.3 Å². The van der Waals surface area contributed by atoms with Crippen LogP contribution < -0.4 is 15.0 Å². The van der Waals surface area contributed by atoms with E-state index in [1.165, 1.54) is 0 Å². The molecule has 1 unspecified atom stereocenters. The maximum Gasteiger partial charge on any atom is 0.227 e. The van der Waals surface area contributed by atoms with Gasteiger partial charge in [0, 0.05) is 26.6 Å². The molecule has 21 heavy (non-hydrogen) atoms. The molecule has 6 heteroatoms. The molecular formula is C15H20N2O4. The van der Waals surface area contributed by atoms with Crippen LogP contribution in [0.5, 0.6) is 5.75 Å². The fourth-order valence-corrected chi connectivity index (χ4v) is 2.39. The average Bonchev–Trinajstić information content (AvgIpc) is 2.89. The second-order valence-electron chi connectivity index (χ2n) is 4.86. The Balaban J connectivity index is 2.04. The summed E-state index contributed by atoms with van der Waals surface area (Å²) in [5, 5.41) is 2.77. The quantitative estimate of drug-likeness (QED) is 0.788. The van der Waals surface area contributed by atoms with Crippen LogP contribution in [0.4, 0.5) is 5.69 Å². The van der Waals surface area contributed by atoms with Gasteiger partial charge in [0.25, 0.3) is 0 Å². The van der Waals surface area contributed by atoms with Gasteiger partial charge < -0.3 is 19.7 Å². The third kappa shape index (κ3) is 3.52. The number of amides is 2. The third-order valence-corrected chi connectivity index (χ3v) is 3.48. The second-order valence-corrected chi connectivity index (χ2v) is 4.86. The van der Waals surface area contributed by atoms with Crippen molar-refractivity contribution in [1.82, 2.24) is 5.32 Å². The fraction of sp³-hybridized carbons (Fsp3) is 0.467. The van der Waals surface area contributed by atoms with Crippen LogP contribution in [0.3, 0.4) is 0 Å². The van der Waals surface area contributed by atoms with Crippen LogP contribution >= 0.6 is 0 Å². The number of rotatable bonds is 6. The Morgan fingerprint density at radius 2 is 2.14 bits per heavy atom. The molecule has 114 valence electrons. The molecule has 1 aliphatic rings. The van der Waals surface area contributed by atoms with Crippen molar-refractivity contribution in [3.63, 3.8) is 0 Å². The Hall–Kier alpha value is -2.08. The summed E-state index contributed by atoms with van der Waals surface area (Å²) in [6.45, 7) is 1.29. The van der Waals surface area contributed by atoms with Crippen molar-refractivity contribution >= 4 is 17.5 Å². The van der Waals surface area contributed by atoms with Gasteiger partial charge in [0.2, 0.25) is 11.8 Å². The Morgan fingerprint density at radius 3 is 2.86 bits per heavy atom. The van der Waals surface area contributed by atoms with Gasteiger partial charge in [0.15, 0.2) is 0 Å².